The van der Waals surface area contributed by atoms with Crippen molar-refractivity contribution in [3.8, 4) is 0 Å². The SMILES string of the molecule is CC1(CO)CCC(n2ncc3cnc(Cl)nc32)CC1. The van der Waals surface area contributed by atoms with Crippen LogP contribution in [0, 0.1) is 5.41 Å². The molecule has 1 fully saturated rings. The molecule has 1 N–H and O–H groups in total. The van der Waals surface area contributed by atoms with Crippen LogP contribution in [0.4, 0.5) is 0 Å². The summed E-state index contributed by atoms with van der Waals surface area (Å²) in [5, 5.41) is 15.0. The summed E-state index contributed by atoms with van der Waals surface area (Å²) in [6.07, 6.45) is 7.52. The first-order chi connectivity index (χ1) is 9.11. The van der Waals surface area contributed by atoms with E-state index in [1.807, 2.05) is 4.68 Å². The molecule has 0 aliphatic heterocycles. The molecule has 19 heavy (non-hydrogen) atoms. The van der Waals surface area contributed by atoms with Gasteiger partial charge in [-0.2, -0.15) is 10.1 Å². The van der Waals surface area contributed by atoms with Crippen molar-refractivity contribution in [1.82, 2.24) is 19.7 Å². The molecule has 3 rings (SSSR count). The van der Waals surface area contributed by atoms with E-state index in [9.17, 15) is 5.11 Å². The Morgan fingerprint density at radius 1 is 1.42 bits per heavy atom. The van der Waals surface area contributed by atoms with Crippen molar-refractivity contribution < 1.29 is 5.11 Å². The van der Waals surface area contributed by atoms with Crippen molar-refractivity contribution >= 4 is 22.6 Å². The minimum absolute atomic E-state index is 0.0616. The molecule has 1 aliphatic rings. The monoisotopic (exact) mass is 280 g/mol. The fourth-order valence-electron chi connectivity index (χ4n) is 2.78. The first kappa shape index (κ1) is 12.8. The van der Waals surface area contributed by atoms with Crippen molar-refractivity contribution in [2.45, 2.75) is 38.6 Å². The molecular formula is C13H17ClN4O. The second kappa shape index (κ2) is 4.72. The smallest absolute Gasteiger partial charge is 0.224 e. The van der Waals surface area contributed by atoms with E-state index < -0.39 is 0 Å². The first-order valence-electron chi connectivity index (χ1n) is 6.58. The van der Waals surface area contributed by atoms with E-state index in [0.29, 0.717) is 6.04 Å². The number of nitrogens with zero attached hydrogens (tertiary/aromatic N) is 4. The molecule has 0 saturated heterocycles. The van der Waals surface area contributed by atoms with Gasteiger partial charge in [-0.3, -0.25) is 0 Å². The Kier molecular flexibility index (Phi) is 3.19. The van der Waals surface area contributed by atoms with Gasteiger partial charge in [0.1, 0.15) is 0 Å². The number of hydrogen-bond donors (Lipinski definition) is 1. The molecule has 0 aromatic carbocycles. The number of rotatable bonds is 2. The maximum absolute atomic E-state index is 9.41. The van der Waals surface area contributed by atoms with Gasteiger partial charge in [-0.1, -0.05) is 6.92 Å². The molecule has 0 bridgehead atoms. The van der Waals surface area contributed by atoms with Gasteiger partial charge in [-0.25, -0.2) is 9.67 Å². The standard InChI is InChI=1S/C13H17ClN4O/c1-13(8-19)4-2-10(3-5-13)18-11-9(7-16-18)6-15-12(14)17-11/h6-7,10,19H,2-5,8H2,1H3. The molecule has 0 spiro atoms. The number of aliphatic hydroxyl groups excluding tert-OH is 1. The fourth-order valence-corrected chi connectivity index (χ4v) is 2.91. The summed E-state index contributed by atoms with van der Waals surface area (Å²) in [4.78, 5) is 8.24. The molecule has 0 atom stereocenters. The second-order valence-electron chi connectivity index (χ2n) is 5.71. The fraction of sp³-hybridized carbons (Fsp3) is 0.615. The predicted molar refractivity (Wildman–Crippen MR) is 73.0 cm³/mol. The van der Waals surface area contributed by atoms with Gasteiger partial charge in [0.05, 0.1) is 17.6 Å². The van der Waals surface area contributed by atoms with Gasteiger partial charge in [-0.15, -0.1) is 0 Å². The number of halogens is 1. The Morgan fingerprint density at radius 2 is 2.16 bits per heavy atom. The molecule has 6 heteroatoms. The largest absolute Gasteiger partial charge is 0.396 e. The first-order valence-corrected chi connectivity index (χ1v) is 6.96. The molecular weight excluding hydrogens is 264 g/mol. The summed E-state index contributed by atoms with van der Waals surface area (Å²) in [5.74, 6) is 0. The van der Waals surface area contributed by atoms with Crippen LogP contribution in [0.3, 0.4) is 0 Å². The second-order valence-corrected chi connectivity index (χ2v) is 6.05. The van der Waals surface area contributed by atoms with Crippen molar-refractivity contribution in [2.75, 3.05) is 6.61 Å². The van der Waals surface area contributed by atoms with Crippen LogP contribution in [0.15, 0.2) is 12.4 Å². The maximum Gasteiger partial charge on any atom is 0.224 e. The molecule has 5 nitrogen and oxygen atoms in total. The Bertz CT molecular complexity index is 589. The normalized spacial score (nSPS) is 27.8. The molecule has 1 aliphatic carbocycles. The predicted octanol–water partition coefficient (Wildman–Crippen LogP) is 2.59. The molecule has 2 aromatic rings. The summed E-state index contributed by atoms with van der Waals surface area (Å²) >= 11 is 5.86. The molecule has 0 radical (unpaired) electrons. The van der Waals surface area contributed by atoms with Crippen molar-refractivity contribution in [1.29, 1.82) is 0 Å². The lowest BCUT2D eigenvalue weighted by Crippen LogP contribution is -2.29. The van der Waals surface area contributed by atoms with Crippen LogP contribution in [-0.2, 0) is 0 Å². The summed E-state index contributed by atoms with van der Waals surface area (Å²) in [6, 6.07) is 0.336. The van der Waals surface area contributed by atoms with E-state index in [4.69, 9.17) is 11.6 Å². The van der Waals surface area contributed by atoms with Gasteiger partial charge in [0.2, 0.25) is 5.28 Å². The lowest BCUT2D eigenvalue weighted by atomic mass is 9.74. The third-order valence-corrected chi connectivity index (χ3v) is 4.38. The summed E-state index contributed by atoms with van der Waals surface area (Å²) in [7, 11) is 0. The summed E-state index contributed by atoms with van der Waals surface area (Å²) in [6.45, 7) is 2.40. The molecule has 2 aromatic heterocycles. The van der Waals surface area contributed by atoms with Gasteiger partial charge in [0, 0.05) is 12.8 Å². The average molecular weight is 281 g/mol. The molecule has 2 heterocycles. The zero-order valence-corrected chi connectivity index (χ0v) is 11.6. The Balaban J connectivity index is 1.88. The Morgan fingerprint density at radius 3 is 2.84 bits per heavy atom. The van der Waals surface area contributed by atoms with Crippen LogP contribution in [0.25, 0.3) is 11.0 Å². The number of aromatic nitrogens is 4. The van der Waals surface area contributed by atoms with Crippen molar-refractivity contribution in [3.63, 3.8) is 0 Å². The van der Waals surface area contributed by atoms with Crippen molar-refractivity contribution in [2.24, 2.45) is 5.41 Å². The topological polar surface area (TPSA) is 63.8 Å². The minimum atomic E-state index is 0.0616. The van der Waals surface area contributed by atoms with Gasteiger partial charge >= 0.3 is 0 Å². The molecule has 0 amide bonds. The van der Waals surface area contributed by atoms with E-state index in [1.54, 1.807) is 12.4 Å². The molecule has 1 saturated carbocycles. The molecule has 102 valence electrons. The Labute approximate surface area is 116 Å². The minimum Gasteiger partial charge on any atom is -0.396 e. The van der Waals surface area contributed by atoms with Crippen molar-refractivity contribution in [3.05, 3.63) is 17.7 Å². The van der Waals surface area contributed by atoms with Gasteiger partial charge in [0.25, 0.3) is 0 Å². The zero-order valence-electron chi connectivity index (χ0n) is 10.9. The van der Waals surface area contributed by atoms with E-state index in [2.05, 4.69) is 22.0 Å². The maximum atomic E-state index is 9.41. The third kappa shape index (κ3) is 2.32. The van der Waals surface area contributed by atoms with Crippen LogP contribution >= 0.6 is 11.6 Å². The lowest BCUT2D eigenvalue weighted by molar-refractivity contribution is 0.0815. The molecule has 0 unspecified atom stereocenters. The number of aliphatic hydroxyl groups is 1. The lowest BCUT2D eigenvalue weighted by Gasteiger charge is -2.35. The van der Waals surface area contributed by atoms with Crippen LogP contribution in [0.5, 0.6) is 0 Å². The van der Waals surface area contributed by atoms with Gasteiger partial charge in [-0.05, 0) is 42.7 Å². The van der Waals surface area contributed by atoms with E-state index in [1.165, 1.54) is 0 Å². The van der Waals surface area contributed by atoms with Crippen LogP contribution in [0.2, 0.25) is 5.28 Å². The van der Waals surface area contributed by atoms with Crippen LogP contribution in [-0.4, -0.2) is 31.5 Å². The van der Waals surface area contributed by atoms with Gasteiger partial charge in [0.15, 0.2) is 5.65 Å². The highest BCUT2D eigenvalue weighted by atomic mass is 35.5. The van der Waals surface area contributed by atoms with E-state index >= 15 is 0 Å². The Hall–Kier alpha value is -1.20. The highest BCUT2D eigenvalue weighted by Gasteiger charge is 2.32. The highest BCUT2D eigenvalue weighted by molar-refractivity contribution is 6.28. The number of fused-ring (bicyclic) bond motifs is 1. The quantitative estimate of drug-likeness (QED) is 0.859. The van der Waals surface area contributed by atoms with E-state index in [-0.39, 0.29) is 17.3 Å². The summed E-state index contributed by atoms with van der Waals surface area (Å²) < 4.78 is 1.96. The van der Waals surface area contributed by atoms with Gasteiger partial charge < -0.3 is 5.11 Å². The van der Waals surface area contributed by atoms with Crippen LogP contribution in [0.1, 0.15) is 38.6 Å². The average Bonchev–Trinajstić information content (AvgIpc) is 2.83. The van der Waals surface area contributed by atoms with Crippen LogP contribution < -0.4 is 0 Å². The highest BCUT2D eigenvalue weighted by Crippen LogP contribution is 2.40. The third-order valence-electron chi connectivity index (χ3n) is 4.19. The van der Waals surface area contributed by atoms with E-state index in [0.717, 1.165) is 36.7 Å². The zero-order chi connectivity index (χ0) is 13.5. The number of hydrogen-bond acceptors (Lipinski definition) is 4. The summed E-state index contributed by atoms with van der Waals surface area (Å²) in [5.41, 5.74) is 0.865.